The maximum absolute atomic E-state index is 12.4. The molecule has 0 amide bonds. The summed E-state index contributed by atoms with van der Waals surface area (Å²) < 4.78 is 11.1. The second-order valence-corrected chi connectivity index (χ2v) is 7.47. The third-order valence-electron chi connectivity index (χ3n) is 5.48. The molecule has 1 heterocycles. The van der Waals surface area contributed by atoms with Crippen LogP contribution < -0.4 is 0 Å². The lowest BCUT2D eigenvalue weighted by molar-refractivity contribution is -0.141. The molecular formula is C22H28O5. The molecule has 5 nitrogen and oxygen atoms in total. The molecule has 0 bridgehead atoms. The molecule has 0 radical (unpaired) electrons. The second kappa shape index (κ2) is 9.18. The number of benzene rings is 1. The molecule has 2 aliphatic rings. The predicted molar refractivity (Wildman–Crippen MR) is 101 cm³/mol. The van der Waals surface area contributed by atoms with Gasteiger partial charge in [-0.1, -0.05) is 56.5 Å². The molecule has 1 saturated carbocycles. The quantitative estimate of drug-likeness (QED) is 0.428. The summed E-state index contributed by atoms with van der Waals surface area (Å²) >= 11 is 0. The van der Waals surface area contributed by atoms with Crippen LogP contribution in [-0.4, -0.2) is 35.4 Å². The lowest BCUT2D eigenvalue weighted by Gasteiger charge is -2.20. The van der Waals surface area contributed by atoms with E-state index in [4.69, 9.17) is 9.47 Å². The Kier molecular flexibility index (Phi) is 6.67. The molecule has 3 rings (SSSR count). The highest BCUT2D eigenvalue weighted by molar-refractivity contribution is 5.89. The molecule has 146 valence electrons. The summed E-state index contributed by atoms with van der Waals surface area (Å²) in [5, 5.41) is 10.2. The first-order chi connectivity index (χ1) is 13.1. The number of rotatable bonds is 8. The van der Waals surface area contributed by atoms with E-state index in [1.54, 1.807) is 30.3 Å². The Labute approximate surface area is 160 Å². The molecule has 27 heavy (non-hydrogen) atoms. The molecule has 5 heteroatoms. The largest absolute Gasteiger partial charge is 0.462 e. The molecular weight excluding hydrogens is 344 g/mol. The molecule has 1 N–H and O–H groups in total. The number of ether oxygens (including phenoxy) is 2. The van der Waals surface area contributed by atoms with Crippen LogP contribution in [0, 0.1) is 11.8 Å². The fourth-order valence-electron chi connectivity index (χ4n) is 4.03. The summed E-state index contributed by atoms with van der Waals surface area (Å²) in [4.78, 5) is 24.1. The number of aliphatic hydroxyl groups is 1. The van der Waals surface area contributed by atoms with Crippen LogP contribution >= 0.6 is 0 Å². The number of aliphatic hydroxyl groups excluding tert-OH is 1. The van der Waals surface area contributed by atoms with Crippen LogP contribution in [0.1, 0.15) is 55.8 Å². The summed E-state index contributed by atoms with van der Waals surface area (Å²) in [5.74, 6) is -0.673. The highest BCUT2D eigenvalue weighted by Gasteiger charge is 2.50. The Bertz CT molecular complexity index is 669. The molecule has 5 atom stereocenters. The first kappa shape index (κ1) is 19.6. The van der Waals surface area contributed by atoms with Crippen LogP contribution in [0.5, 0.6) is 0 Å². The van der Waals surface area contributed by atoms with E-state index >= 15 is 0 Å². The first-order valence-electron chi connectivity index (χ1n) is 9.90. The van der Waals surface area contributed by atoms with Gasteiger partial charge in [0.15, 0.2) is 0 Å². The first-order valence-corrected chi connectivity index (χ1v) is 9.90. The van der Waals surface area contributed by atoms with E-state index in [0.29, 0.717) is 18.4 Å². The SMILES string of the molecule is CCCCC[C@H](O)C=C[C@@H]1[C@H]2CC(=O)O[C@H]2C[C@H]1OC(=O)c1ccccc1. The fourth-order valence-corrected chi connectivity index (χ4v) is 4.03. The van der Waals surface area contributed by atoms with Crippen molar-refractivity contribution >= 4 is 11.9 Å². The van der Waals surface area contributed by atoms with Gasteiger partial charge in [-0.15, -0.1) is 0 Å². The molecule has 0 spiro atoms. The van der Waals surface area contributed by atoms with Crippen molar-refractivity contribution in [2.45, 2.75) is 63.8 Å². The third kappa shape index (κ3) is 4.98. The lowest BCUT2D eigenvalue weighted by Crippen LogP contribution is -2.25. The van der Waals surface area contributed by atoms with Gasteiger partial charge >= 0.3 is 11.9 Å². The van der Waals surface area contributed by atoms with Crippen molar-refractivity contribution in [2.75, 3.05) is 0 Å². The van der Waals surface area contributed by atoms with Gasteiger partial charge in [-0.3, -0.25) is 4.79 Å². The Morgan fingerprint density at radius 3 is 2.85 bits per heavy atom. The Hall–Kier alpha value is -2.14. The van der Waals surface area contributed by atoms with Gasteiger partial charge in [-0.25, -0.2) is 4.79 Å². The van der Waals surface area contributed by atoms with Crippen LogP contribution in [0.3, 0.4) is 0 Å². The predicted octanol–water partition coefficient (Wildman–Crippen LogP) is 3.66. The van der Waals surface area contributed by atoms with E-state index < -0.39 is 6.10 Å². The number of fused-ring (bicyclic) bond motifs is 1. The topological polar surface area (TPSA) is 72.8 Å². The molecule has 1 aromatic rings. The normalized spacial score (nSPS) is 28.1. The van der Waals surface area contributed by atoms with Crippen LogP contribution in [0.15, 0.2) is 42.5 Å². The van der Waals surface area contributed by atoms with Gasteiger partial charge in [0.25, 0.3) is 0 Å². The minimum Gasteiger partial charge on any atom is -0.462 e. The van der Waals surface area contributed by atoms with Crippen molar-refractivity contribution in [3.63, 3.8) is 0 Å². The molecule has 2 fully saturated rings. The van der Waals surface area contributed by atoms with E-state index in [1.165, 1.54) is 0 Å². The van der Waals surface area contributed by atoms with E-state index in [0.717, 1.165) is 25.7 Å². The average molecular weight is 372 g/mol. The zero-order chi connectivity index (χ0) is 19.2. The Morgan fingerprint density at radius 2 is 2.11 bits per heavy atom. The average Bonchev–Trinajstić information content (AvgIpc) is 3.16. The van der Waals surface area contributed by atoms with Gasteiger partial charge in [0.05, 0.1) is 18.1 Å². The summed E-state index contributed by atoms with van der Waals surface area (Å²) in [6.45, 7) is 2.13. The minimum absolute atomic E-state index is 0.00478. The highest BCUT2D eigenvalue weighted by Crippen LogP contribution is 2.43. The fraction of sp³-hybridized carbons (Fsp3) is 0.545. The third-order valence-corrected chi connectivity index (χ3v) is 5.48. The van der Waals surface area contributed by atoms with Gasteiger partial charge in [0.2, 0.25) is 0 Å². The van der Waals surface area contributed by atoms with Gasteiger partial charge in [0, 0.05) is 18.3 Å². The summed E-state index contributed by atoms with van der Waals surface area (Å²) in [5.41, 5.74) is 0.508. The maximum Gasteiger partial charge on any atom is 0.338 e. The number of unbranched alkanes of at least 4 members (excludes halogenated alkanes) is 2. The Balaban J connectivity index is 1.66. The zero-order valence-corrected chi connectivity index (χ0v) is 15.8. The monoisotopic (exact) mass is 372 g/mol. The minimum atomic E-state index is -0.515. The number of esters is 2. The molecule has 1 saturated heterocycles. The van der Waals surface area contributed by atoms with Crippen molar-refractivity contribution in [1.82, 2.24) is 0 Å². The lowest BCUT2D eigenvalue weighted by atomic mass is 9.91. The standard InChI is InChI=1S/C22H28O5/c1-2-3-5-10-16(23)11-12-17-18-13-21(24)26-20(18)14-19(17)27-22(25)15-8-6-4-7-9-15/h4,6-9,11-12,16-20,23H,2-3,5,10,13-14H2,1H3/t16-,17+,18+,19+,20-/m0/s1. The van der Waals surface area contributed by atoms with Gasteiger partial charge in [-0.05, 0) is 18.6 Å². The number of carbonyl (C=O) groups is 2. The van der Waals surface area contributed by atoms with Gasteiger partial charge in [0.1, 0.15) is 12.2 Å². The number of hydrogen-bond donors (Lipinski definition) is 1. The highest BCUT2D eigenvalue weighted by atomic mass is 16.6. The van der Waals surface area contributed by atoms with Crippen LogP contribution in [0.4, 0.5) is 0 Å². The molecule has 0 aromatic heterocycles. The van der Waals surface area contributed by atoms with Crippen molar-refractivity contribution in [3.05, 3.63) is 48.0 Å². The van der Waals surface area contributed by atoms with Crippen molar-refractivity contribution < 1.29 is 24.2 Å². The van der Waals surface area contributed by atoms with Gasteiger partial charge in [-0.2, -0.15) is 0 Å². The summed E-state index contributed by atoms with van der Waals surface area (Å²) in [7, 11) is 0. The summed E-state index contributed by atoms with van der Waals surface area (Å²) in [6.07, 6.45) is 7.39. The zero-order valence-electron chi connectivity index (χ0n) is 15.8. The van der Waals surface area contributed by atoms with Crippen molar-refractivity contribution in [1.29, 1.82) is 0 Å². The van der Waals surface area contributed by atoms with E-state index in [-0.39, 0.29) is 36.0 Å². The molecule has 1 aliphatic carbocycles. The molecule has 1 aromatic carbocycles. The smallest absolute Gasteiger partial charge is 0.338 e. The van der Waals surface area contributed by atoms with Crippen LogP contribution in [0.2, 0.25) is 0 Å². The Morgan fingerprint density at radius 1 is 1.33 bits per heavy atom. The van der Waals surface area contributed by atoms with Crippen molar-refractivity contribution in [3.8, 4) is 0 Å². The molecule has 1 aliphatic heterocycles. The van der Waals surface area contributed by atoms with E-state index in [2.05, 4.69) is 6.92 Å². The van der Waals surface area contributed by atoms with E-state index in [9.17, 15) is 14.7 Å². The van der Waals surface area contributed by atoms with Crippen LogP contribution in [0.25, 0.3) is 0 Å². The van der Waals surface area contributed by atoms with E-state index in [1.807, 2.05) is 12.1 Å². The maximum atomic E-state index is 12.4. The van der Waals surface area contributed by atoms with Crippen LogP contribution in [-0.2, 0) is 14.3 Å². The van der Waals surface area contributed by atoms with Gasteiger partial charge < -0.3 is 14.6 Å². The number of hydrogen-bond acceptors (Lipinski definition) is 5. The molecule has 0 unspecified atom stereocenters. The van der Waals surface area contributed by atoms with Crippen molar-refractivity contribution in [2.24, 2.45) is 11.8 Å². The second-order valence-electron chi connectivity index (χ2n) is 7.47. The number of carbonyl (C=O) groups excluding carboxylic acids is 2. The summed E-state index contributed by atoms with van der Waals surface area (Å²) in [6, 6.07) is 8.89.